The van der Waals surface area contributed by atoms with E-state index in [1.165, 1.54) is 15.6 Å². The summed E-state index contributed by atoms with van der Waals surface area (Å²) in [6, 6.07) is 0.327. The summed E-state index contributed by atoms with van der Waals surface area (Å²) in [5.41, 5.74) is 0.440. The van der Waals surface area contributed by atoms with Crippen molar-refractivity contribution in [1.82, 2.24) is 9.62 Å². The highest BCUT2D eigenvalue weighted by atomic mass is 32.2. The molecule has 0 radical (unpaired) electrons. The van der Waals surface area contributed by atoms with E-state index in [2.05, 4.69) is 19.2 Å². The first-order chi connectivity index (χ1) is 9.54. The molecule has 1 aromatic rings. The maximum Gasteiger partial charge on any atom is 0.244 e. The van der Waals surface area contributed by atoms with Crippen LogP contribution in [0.2, 0.25) is 0 Å². The standard InChI is InChI=1S/C15H28N2O2S2/c1-8-15(5,6)17(7)21(18,19)14-12(4)10-20-13(14)9-16-11(2)3/h10-11,16H,8-9H2,1-7H3. The van der Waals surface area contributed by atoms with Crippen molar-refractivity contribution in [1.29, 1.82) is 0 Å². The van der Waals surface area contributed by atoms with Gasteiger partial charge in [0.15, 0.2) is 0 Å². The van der Waals surface area contributed by atoms with Crippen LogP contribution >= 0.6 is 11.3 Å². The number of rotatable bonds is 7. The molecule has 1 rings (SSSR count). The van der Waals surface area contributed by atoms with Crippen LogP contribution in [0.25, 0.3) is 0 Å². The molecule has 0 aliphatic heterocycles. The summed E-state index contributed by atoms with van der Waals surface area (Å²) in [5.74, 6) is 0. The minimum Gasteiger partial charge on any atom is -0.310 e. The van der Waals surface area contributed by atoms with E-state index in [-0.39, 0.29) is 0 Å². The van der Waals surface area contributed by atoms with E-state index in [0.717, 1.165) is 16.9 Å². The second-order valence-electron chi connectivity index (χ2n) is 6.35. The van der Waals surface area contributed by atoms with Gasteiger partial charge in [0.05, 0.1) is 0 Å². The van der Waals surface area contributed by atoms with Gasteiger partial charge in [-0.25, -0.2) is 8.42 Å². The summed E-state index contributed by atoms with van der Waals surface area (Å²) in [6.07, 6.45) is 0.769. The SMILES string of the molecule is CCC(C)(C)N(C)S(=O)(=O)c1c(C)csc1CNC(C)C. The van der Waals surface area contributed by atoms with Crippen LogP contribution in [0.15, 0.2) is 10.3 Å². The first-order valence-corrected chi connectivity index (χ1v) is 9.65. The van der Waals surface area contributed by atoms with Gasteiger partial charge in [-0.2, -0.15) is 4.31 Å². The molecule has 0 saturated heterocycles. The van der Waals surface area contributed by atoms with Crippen molar-refractivity contribution in [3.63, 3.8) is 0 Å². The topological polar surface area (TPSA) is 49.4 Å². The molecule has 0 aromatic carbocycles. The molecular weight excluding hydrogens is 304 g/mol. The minimum atomic E-state index is -3.47. The number of nitrogens with one attached hydrogen (secondary N) is 1. The van der Waals surface area contributed by atoms with E-state index < -0.39 is 15.6 Å². The molecule has 122 valence electrons. The van der Waals surface area contributed by atoms with Crippen LogP contribution in [-0.4, -0.2) is 31.4 Å². The molecule has 1 aromatic heterocycles. The third-order valence-corrected chi connectivity index (χ3v) is 7.53. The number of nitrogens with zero attached hydrogens (tertiary/aromatic N) is 1. The molecule has 0 unspecified atom stereocenters. The maximum atomic E-state index is 13.0. The van der Waals surface area contributed by atoms with Crippen molar-refractivity contribution in [2.75, 3.05) is 7.05 Å². The van der Waals surface area contributed by atoms with Gasteiger partial charge in [0.2, 0.25) is 10.0 Å². The smallest absolute Gasteiger partial charge is 0.244 e. The lowest BCUT2D eigenvalue weighted by molar-refractivity contribution is 0.257. The zero-order valence-electron chi connectivity index (χ0n) is 14.1. The van der Waals surface area contributed by atoms with Crippen molar-refractivity contribution >= 4 is 21.4 Å². The molecule has 0 atom stereocenters. The molecule has 1 heterocycles. The molecule has 0 aliphatic rings. The lowest BCUT2D eigenvalue weighted by Crippen LogP contribution is -2.44. The Labute approximate surface area is 133 Å². The van der Waals surface area contributed by atoms with Crippen LogP contribution in [0.4, 0.5) is 0 Å². The predicted molar refractivity (Wildman–Crippen MR) is 90.4 cm³/mol. The van der Waals surface area contributed by atoms with E-state index in [4.69, 9.17) is 0 Å². The number of hydrogen-bond acceptors (Lipinski definition) is 4. The summed E-state index contributed by atoms with van der Waals surface area (Å²) < 4.78 is 27.5. The first kappa shape index (κ1) is 18.6. The number of aryl methyl sites for hydroxylation is 1. The first-order valence-electron chi connectivity index (χ1n) is 7.33. The van der Waals surface area contributed by atoms with Crippen molar-refractivity contribution in [2.24, 2.45) is 0 Å². The highest BCUT2D eigenvalue weighted by Crippen LogP contribution is 2.32. The molecule has 0 spiro atoms. The Morgan fingerprint density at radius 2 is 1.95 bits per heavy atom. The second kappa shape index (κ2) is 6.77. The Balaban J connectivity index is 3.23. The van der Waals surface area contributed by atoms with E-state index in [0.29, 0.717) is 17.5 Å². The molecule has 4 nitrogen and oxygen atoms in total. The van der Waals surface area contributed by atoms with Gasteiger partial charge >= 0.3 is 0 Å². The zero-order valence-corrected chi connectivity index (χ0v) is 15.8. The summed E-state index contributed by atoms with van der Waals surface area (Å²) in [6.45, 7) is 12.5. The molecule has 0 fully saturated rings. The quantitative estimate of drug-likeness (QED) is 0.833. The fourth-order valence-corrected chi connectivity index (χ4v) is 5.22. The van der Waals surface area contributed by atoms with Crippen LogP contribution in [0.1, 0.15) is 51.5 Å². The Bertz CT molecular complexity index is 574. The van der Waals surface area contributed by atoms with Gasteiger partial charge in [-0.15, -0.1) is 11.3 Å². The lowest BCUT2D eigenvalue weighted by atomic mass is 10.0. The molecular formula is C15H28N2O2S2. The summed E-state index contributed by atoms with van der Waals surface area (Å²) in [7, 11) is -1.79. The Morgan fingerprint density at radius 3 is 2.43 bits per heavy atom. The van der Waals surface area contributed by atoms with Crippen LogP contribution in [-0.2, 0) is 16.6 Å². The van der Waals surface area contributed by atoms with Gasteiger partial charge in [0.1, 0.15) is 4.90 Å². The fraction of sp³-hybridized carbons (Fsp3) is 0.733. The van der Waals surface area contributed by atoms with E-state index >= 15 is 0 Å². The minimum absolute atomic E-state index is 0.327. The largest absolute Gasteiger partial charge is 0.310 e. The molecule has 0 aliphatic carbocycles. The second-order valence-corrected chi connectivity index (χ2v) is 9.22. The fourth-order valence-electron chi connectivity index (χ4n) is 1.94. The van der Waals surface area contributed by atoms with Gasteiger partial charge in [-0.3, -0.25) is 0 Å². The summed E-state index contributed by atoms with van der Waals surface area (Å²) >= 11 is 1.51. The maximum absolute atomic E-state index is 13.0. The number of hydrogen-bond donors (Lipinski definition) is 1. The molecule has 21 heavy (non-hydrogen) atoms. The average Bonchev–Trinajstić information content (AvgIpc) is 2.77. The van der Waals surface area contributed by atoms with Crippen molar-refractivity contribution in [2.45, 2.75) is 71.0 Å². The van der Waals surface area contributed by atoms with Gasteiger partial charge in [-0.1, -0.05) is 20.8 Å². The van der Waals surface area contributed by atoms with Crippen LogP contribution in [0.3, 0.4) is 0 Å². The van der Waals surface area contributed by atoms with E-state index in [1.807, 2.05) is 33.1 Å². The number of sulfonamides is 1. The van der Waals surface area contributed by atoms with Gasteiger partial charge < -0.3 is 5.32 Å². The van der Waals surface area contributed by atoms with Crippen molar-refractivity contribution in [3.8, 4) is 0 Å². The van der Waals surface area contributed by atoms with Gasteiger partial charge in [0.25, 0.3) is 0 Å². The normalized spacial score (nSPS) is 13.4. The Kier molecular flexibility index (Phi) is 6.00. The number of thiophene rings is 1. The highest BCUT2D eigenvalue weighted by molar-refractivity contribution is 7.89. The van der Waals surface area contributed by atoms with Crippen molar-refractivity contribution in [3.05, 3.63) is 15.8 Å². The Morgan fingerprint density at radius 1 is 1.38 bits per heavy atom. The lowest BCUT2D eigenvalue weighted by Gasteiger charge is -2.34. The summed E-state index contributed by atoms with van der Waals surface area (Å²) in [4.78, 5) is 1.37. The van der Waals surface area contributed by atoms with Crippen molar-refractivity contribution < 1.29 is 8.42 Å². The van der Waals surface area contributed by atoms with E-state index in [1.54, 1.807) is 7.05 Å². The van der Waals surface area contributed by atoms with Crippen LogP contribution in [0.5, 0.6) is 0 Å². The highest BCUT2D eigenvalue weighted by Gasteiger charge is 2.35. The molecule has 0 bridgehead atoms. The van der Waals surface area contributed by atoms with Gasteiger partial charge in [-0.05, 0) is 38.1 Å². The molecule has 6 heteroatoms. The predicted octanol–water partition coefficient (Wildman–Crippen LogP) is 3.36. The van der Waals surface area contributed by atoms with Gasteiger partial charge in [0, 0.05) is 30.1 Å². The molecule has 0 saturated carbocycles. The summed E-state index contributed by atoms with van der Waals surface area (Å²) in [5, 5.41) is 5.23. The Hall–Kier alpha value is -0.430. The molecule has 0 amide bonds. The zero-order chi connectivity index (χ0) is 16.4. The van der Waals surface area contributed by atoms with Crippen LogP contribution < -0.4 is 5.32 Å². The third kappa shape index (κ3) is 4.06. The molecule has 1 N–H and O–H groups in total. The monoisotopic (exact) mass is 332 g/mol. The van der Waals surface area contributed by atoms with Crippen LogP contribution in [0, 0.1) is 6.92 Å². The average molecular weight is 333 g/mol. The third-order valence-electron chi connectivity index (χ3n) is 4.00. The van der Waals surface area contributed by atoms with E-state index in [9.17, 15) is 8.42 Å².